The number of hydrogen-bond acceptors (Lipinski definition) is 3. The monoisotopic (exact) mass is 191 g/mol. The molecule has 0 radical (unpaired) electrons. The largest absolute Gasteiger partial charge is 0.256 e. The van der Waals surface area contributed by atoms with Crippen LogP contribution in [0.2, 0.25) is 0 Å². The minimum Gasteiger partial charge on any atom is -0.256 e. The lowest BCUT2D eigenvalue weighted by atomic mass is 10.2. The molecule has 0 amide bonds. The van der Waals surface area contributed by atoms with Gasteiger partial charge >= 0.3 is 0 Å². The molecule has 0 saturated heterocycles. The van der Waals surface area contributed by atoms with Crippen LogP contribution in [-0.2, 0) is 0 Å². The summed E-state index contributed by atoms with van der Waals surface area (Å²) in [5.41, 5.74) is 1.14. The molecule has 12 heavy (non-hydrogen) atoms. The molecule has 2 heterocycles. The first kappa shape index (κ1) is 6.57. The summed E-state index contributed by atoms with van der Waals surface area (Å²) in [5, 5.41) is 4.72. The number of hydrogen-bond donors (Lipinski definition) is 0. The molecular weight excluding hydrogens is 186 g/mol. The Morgan fingerprint density at radius 2 is 2.17 bits per heavy atom. The molecule has 1 nitrogen and oxygen atoms in total. The third kappa shape index (κ3) is 0.750. The fourth-order valence-corrected chi connectivity index (χ4v) is 3.50. The lowest BCUT2D eigenvalue weighted by Crippen LogP contribution is -1.67. The van der Waals surface area contributed by atoms with Crippen LogP contribution >= 0.6 is 20.7 Å². The van der Waals surface area contributed by atoms with Crippen molar-refractivity contribution in [3.63, 3.8) is 0 Å². The van der Waals surface area contributed by atoms with E-state index in [1.165, 1.54) is 15.5 Å². The van der Waals surface area contributed by atoms with Crippen LogP contribution in [0.5, 0.6) is 0 Å². The predicted octanol–water partition coefficient (Wildman–Crippen LogP) is 3.51. The van der Waals surface area contributed by atoms with Crippen molar-refractivity contribution in [2.24, 2.45) is 0 Å². The van der Waals surface area contributed by atoms with Crippen LogP contribution in [0.25, 0.3) is 21.0 Å². The normalized spacial score (nSPS) is 11.3. The van der Waals surface area contributed by atoms with Crippen molar-refractivity contribution >= 4 is 41.7 Å². The van der Waals surface area contributed by atoms with Gasteiger partial charge in [0.25, 0.3) is 0 Å². The molecule has 0 N–H and O–H groups in total. The Morgan fingerprint density at radius 3 is 3.17 bits per heavy atom. The smallest absolute Gasteiger partial charge is 0.0797 e. The van der Waals surface area contributed by atoms with Crippen LogP contribution in [0.15, 0.2) is 29.8 Å². The van der Waals surface area contributed by atoms with Gasteiger partial charge in [0, 0.05) is 27.0 Å². The van der Waals surface area contributed by atoms with Crippen molar-refractivity contribution in [2.75, 3.05) is 0 Å². The lowest BCUT2D eigenvalue weighted by Gasteiger charge is -1.89. The second-order valence-corrected chi connectivity index (χ2v) is 4.77. The number of aromatic nitrogens is 1. The van der Waals surface area contributed by atoms with E-state index in [9.17, 15) is 0 Å². The summed E-state index contributed by atoms with van der Waals surface area (Å²) in [6, 6.07) is 6.35. The summed E-state index contributed by atoms with van der Waals surface area (Å²) >= 11 is 0. The average Bonchev–Trinajstić information content (AvgIpc) is 2.71. The van der Waals surface area contributed by atoms with Crippen LogP contribution in [0.4, 0.5) is 0 Å². The average molecular weight is 191 g/mol. The maximum Gasteiger partial charge on any atom is 0.0797 e. The number of benzene rings is 1. The second kappa shape index (κ2) is 2.28. The van der Waals surface area contributed by atoms with E-state index in [0.717, 1.165) is 5.52 Å². The third-order valence-electron chi connectivity index (χ3n) is 1.97. The number of rotatable bonds is 0. The minimum atomic E-state index is 1.14. The molecule has 0 aliphatic rings. The summed E-state index contributed by atoms with van der Waals surface area (Å²) < 4.78 is 1.34. The summed E-state index contributed by atoms with van der Waals surface area (Å²) in [6.07, 6.45) is 1.87. The third-order valence-corrected chi connectivity index (χ3v) is 4.05. The lowest BCUT2D eigenvalue weighted by molar-refractivity contribution is 1.49. The Balaban J connectivity index is 2.71. The molecule has 0 unspecified atom stereocenters. The topological polar surface area (TPSA) is 12.9 Å². The molecule has 0 aliphatic carbocycles. The Morgan fingerprint density at radius 1 is 1.17 bits per heavy atom. The van der Waals surface area contributed by atoms with Crippen LogP contribution in [0.3, 0.4) is 0 Å². The summed E-state index contributed by atoms with van der Waals surface area (Å²) in [4.78, 5) is 4.33. The van der Waals surface area contributed by atoms with E-state index in [2.05, 4.69) is 28.6 Å². The van der Waals surface area contributed by atoms with Gasteiger partial charge in [0.1, 0.15) is 0 Å². The zero-order valence-electron chi connectivity index (χ0n) is 6.15. The van der Waals surface area contributed by atoms with E-state index >= 15 is 0 Å². The first-order chi connectivity index (χ1) is 5.95. The van der Waals surface area contributed by atoms with Crippen molar-refractivity contribution in [1.29, 1.82) is 0 Å². The van der Waals surface area contributed by atoms with Crippen molar-refractivity contribution in [3.8, 4) is 0 Å². The molecule has 3 rings (SSSR count). The molecular formula is C9H5NS2. The van der Waals surface area contributed by atoms with Crippen molar-refractivity contribution in [3.05, 3.63) is 29.8 Å². The summed E-state index contributed by atoms with van der Waals surface area (Å²) in [6.45, 7) is 0. The standard InChI is InChI=1S/C9H5NS2/c1-2-8-7(5-11-12-8)9-6(1)3-4-10-9/h1-5H. The maximum atomic E-state index is 4.33. The zero-order chi connectivity index (χ0) is 7.97. The highest BCUT2D eigenvalue weighted by Crippen LogP contribution is 2.30. The molecule has 1 aromatic carbocycles. The highest BCUT2D eigenvalue weighted by molar-refractivity contribution is 7.71. The van der Waals surface area contributed by atoms with Crippen molar-refractivity contribution < 1.29 is 0 Å². The van der Waals surface area contributed by atoms with E-state index in [1.54, 1.807) is 10.3 Å². The molecule has 0 atom stereocenters. The number of nitrogens with zero attached hydrogens (tertiary/aromatic N) is 1. The van der Waals surface area contributed by atoms with E-state index in [4.69, 9.17) is 0 Å². The molecule has 0 saturated carbocycles. The van der Waals surface area contributed by atoms with E-state index < -0.39 is 0 Å². The van der Waals surface area contributed by atoms with Gasteiger partial charge in [-0.05, 0) is 12.1 Å². The molecule has 0 aliphatic heterocycles. The highest BCUT2D eigenvalue weighted by atomic mass is 32.9. The van der Waals surface area contributed by atoms with Gasteiger partial charge in [-0.25, -0.2) is 0 Å². The zero-order valence-corrected chi connectivity index (χ0v) is 7.78. The van der Waals surface area contributed by atoms with Gasteiger partial charge in [-0.15, -0.1) is 0 Å². The predicted molar refractivity (Wildman–Crippen MR) is 55.0 cm³/mol. The quantitative estimate of drug-likeness (QED) is 0.495. The molecule has 3 heteroatoms. The van der Waals surface area contributed by atoms with Crippen molar-refractivity contribution in [1.82, 2.24) is 4.98 Å². The Hall–Kier alpha value is -0.930. The fraction of sp³-hybridized carbons (Fsp3) is 0. The van der Waals surface area contributed by atoms with Gasteiger partial charge in [-0.2, -0.15) is 0 Å². The van der Waals surface area contributed by atoms with Crippen LogP contribution < -0.4 is 0 Å². The maximum absolute atomic E-state index is 4.33. The number of fused-ring (bicyclic) bond motifs is 3. The summed E-state index contributed by atoms with van der Waals surface area (Å²) in [7, 11) is 3.58. The van der Waals surface area contributed by atoms with E-state index in [1.807, 2.05) is 16.5 Å². The van der Waals surface area contributed by atoms with Gasteiger partial charge < -0.3 is 0 Å². The van der Waals surface area contributed by atoms with Crippen LogP contribution in [-0.4, -0.2) is 4.98 Å². The molecule has 0 spiro atoms. The van der Waals surface area contributed by atoms with Crippen LogP contribution in [0, 0.1) is 0 Å². The Labute approximate surface area is 76.7 Å². The second-order valence-electron chi connectivity index (χ2n) is 2.66. The highest BCUT2D eigenvalue weighted by Gasteiger charge is 2.02. The van der Waals surface area contributed by atoms with E-state index in [-0.39, 0.29) is 0 Å². The van der Waals surface area contributed by atoms with Gasteiger partial charge in [0.05, 0.1) is 5.52 Å². The Kier molecular flexibility index (Phi) is 1.25. The van der Waals surface area contributed by atoms with E-state index in [0.29, 0.717) is 0 Å². The van der Waals surface area contributed by atoms with Gasteiger partial charge in [-0.3, -0.25) is 4.98 Å². The van der Waals surface area contributed by atoms with Crippen molar-refractivity contribution in [2.45, 2.75) is 0 Å². The molecule has 58 valence electrons. The molecule has 0 fully saturated rings. The minimum absolute atomic E-state index is 1.14. The van der Waals surface area contributed by atoms with Gasteiger partial charge in [0.2, 0.25) is 0 Å². The molecule has 3 aromatic rings. The first-order valence-electron chi connectivity index (χ1n) is 3.66. The summed E-state index contributed by atoms with van der Waals surface area (Å²) in [5.74, 6) is 0. The van der Waals surface area contributed by atoms with Gasteiger partial charge in [0.15, 0.2) is 0 Å². The van der Waals surface area contributed by atoms with Crippen LogP contribution in [0.1, 0.15) is 0 Å². The fourth-order valence-electron chi connectivity index (χ4n) is 1.39. The first-order valence-corrected chi connectivity index (χ1v) is 5.87. The van der Waals surface area contributed by atoms with Gasteiger partial charge in [-0.1, -0.05) is 26.7 Å². The molecule has 0 bridgehead atoms. The SMILES string of the molecule is c1cc2ccc3sscc3c2n1. The Bertz CT molecular complexity index is 486. The molecule has 2 aromatic heterocycles.